The number of carbonyl (C=O) groups is 2. The van der Waals surface area contributed by atoms with Crippen LogP contribution < -0.4 is 5.32 Å². The van der Waals surface area contributed by atoms with E-state index in [1.807, 2.05) is 0 Å². The second-order valence-electron chi connectivity index (χ2n) is 4.02. The van der Waals surface area contributed by atoms with Crippen LogP contribution in [-0.2, 0) is 16.0 Å². The van der Waals surface area contributed by atoms with Crippen LogP contribution in [0.1, 0.15) is 18.4 Å². The molecule has 104 valence electrons. The number of nitrogens with one attached hydrogen (secondary N) is 1. The normalized spacial score (nSPS) is 10.3. The Morgan fingerprint density at radius 1 is 1.26 bits per heavy atom. The number of amides is 1. The molecule has 6 heteroatoms. The van der Waals surface area contributed by atoms with Crippen LogP contribution in [0.2, 0.25) is 0 Å². The molecular weight excluding hydrogens is 276 g/mol. The van der Waals surface area contributed by atoms with Gasteiger partial charge >= 0.3 is 0 Å². The monoisotopic (exact) mass is 289 g/mol. The third kappa shape index (κ3) is 5.79. The molecule has 0 saturated carbocycles. The SMILES string of the molecule is O=C(CNC(=O)CCCCl)Cc1ccc(F)cc1F. The zero-order chi connectivity index (χ0) is 14.3. The minimum atomic E-state index is -0.762. The lowest BCUT2D eigenvalue weighted by Crippen LogP contribution is -2.30. The van der Waals surface area contributed by atoms with E-state index in [1.54, 1.807) is 0 Å². The summed E-state index contributed by atoms with van der Waals surface area (Å²) in [6.45, 7) is -0.169. The van der Waals surface area contributed by atoms with Gasteiger partial charge in [0.05, 0.1) is 6.54 Å². The fourth-order valence-electron chi connectivity index (χ4n) is 1.45. The van der Waals surface area contributed by atoms with Crippen molar-refractivity contribution in [1.29, 1.82) is 0 Å². The Morgan fingerprint density at radius 3 is 2.63 bits per heavy atom. The fourth-order valence-corrected chi connectivity index (χ4v) is 1.59. The standard InChI is InChI=1S/C13H14ClF2NO2/c14-5-1-2-13(19)17-8-11(18)6-9-3-4-10(15)7-12(9)16/h3-4,7H,1-2,5-6,8H2,(H,17,19). The average molecular weight is 290 g/mol. The van der Waals surface area contributed by atoms with Gasteiger partial charge in [0.15, 0.2) is 5.78 Å². The van der Waals surface area contributed by atoms with E-state index < -0.39 is 11.6 Å². The van der Waals surface area contributed by atoms with Gasteiger partial charge in [-0.2, -0.15) is 0 Å². The molecular formula is C13H14ClF2NO2. The van der Waals surface area contributed by atoms with Gasteiger partial charge in [-0.3, -0.25) is 9.59 Å². The van der Waals surface area contributed by atoms with Crippen molar-refractivity contribution in [3.63, 3.8) is 0 Å². The van der Waals surface area contributed by atoms with Crippen LogP contribution in [0, 0.1) is 11.6 Å². The molecule has 1 N–H and O–H groups in total. The lowest BCUT2D eigenvalue weighted by molar-refractivity contribution is -0.124. The molecule has 1 aromatic rings. The van der Waals surface area contributed by atoms with E-state index in [4.69, 9.17) is 11.6 Å². The van der Waals surface area contributed by atoms with Crippen molar-refractivity contribution in [1.82, 2.24) is 5.32 Å². The highest BCUT2D eigenvalue weighted by atomic mass is 35.5. The summed E-state index contributed by atoms with van der Waals surface area (Å²) < 4.78 is 25.9. The molecule has 0 spiro atoms. The highest BCUT2D eigenvalue weighted by molar-refractivity contribution is 6.17. The second kappa shape index (κ2) is 7.84. The van der Waals surface area contributed by atoms with Gasteiger partial charge in [0.25, 0.3) is 0 Å². The average Bonchev–Trinajstić information content (AvgIpc) is 2.37. The zero-order valence-electron chi connectivity index (χ0n) is 10.2. The first-order valence-electron chi connectivity index (χ1n) is 5.81. The van der Waals surface area contributed by atoms with Gasteiger partial charge in [-0.05, 0) is 18.1 Å². The summed E-state index contributed by atoms with van der Waals surface area (Å²) in [5.74, 6) is -1.69. The quantitative estimate of drug-likeness (QED) is 0.782. The number of ketones is 1. The van der Waals surface area contributed by atoms with Gasteiger partial charge in [0.1, 0.15) is 11.6 Å². The minimum absolute atomic E-state index is 0.112. The Labute approximate surface area is 114 Å². The van der Waals surface area contributed by atoms with Crippen molar-refractivity contribution in [3.8, 4) is 0 Å². The lowest BCUT2D eigenvalue weighted by atomic mass is 10.1. The first kappa shape index (κ1) is 15.6. The number of alkyl halides is 1. The van der Waals surface area contributed by atoms with Crippen molar-refractivity contribution >= 4 is 23.3 Å². The highest BCUT2D eigenvalue weighted by Crippen LogP contribution is 2.10. The first-order chi connectivity index (χ1) is 9.02. The maximum atomic E-state index is 13.3. The Kier molecular flexibility index (Phi) is 6.42. The van der Waals surface area contributed by atoms with Gasteiger partial charge in [-0.15, -0.1) is 11.6 Å². The van der Waals surface area contributed by atoms with E-state index in [9.17, 15) is 18.4 Å². The molecule has 0 aliphatic rings. The van der Waals surface area contributed by atoms with Gasteiger partial charge in [-0.25, -0.2) is 8.78 Å². The molecule has 0 aliphatic carbocycles. The maximum Gasteiger partial charge on any atom is 0.220 e. The number of halogens is 3. The molecule has 0 bridgehead atoms. The van der Waals surface area contributed by atoms with Crippen LogP contribution in [0.5, 0.6) is 0 Å². The summed E-state index contributed by atoms with van der Waals surface area (Å²) in [7, 11) is 0. The predicted molar refractivity (Wildman–Crippen MR) is 68.0 cm³/mol. The van der Waals surface area contributed by atoms with Crippen molar-refractivity contribution in [3.05, 3.63) is 35.4 Å². The Bertz CT molecular complexity index is 466. The molecule has 19 heavy (non-hydrogen) atoms. The van der Waals surface area contributed by atoms with Gasteiger partial charge < -0.3 is 5.32 Å². The van der Waals surface area contributed by atoms with Crippen molar-refractivity contribution in [2.24, 2.45) is 0 Å². The molecule has 0 radical (unpaired) electrons. The first-order valence-corrected chi connectivity index (χ1v) is 6.34. The van der Waals surface area contributed by atoms with Gasteiger partial charge in [0.2, 0.25) is 5.91 Å². The number of Topliss-reactive ketones (excluding diaryl/α,β-unsaturated/α-hetero) is 1. The Morgan fingerprint density at radius 2 is 2.00 bits per heavy atom. The predicted octanol–water partition coefficient (Wildman–Crippen LogP) is 2.21. The zero-order valence-corrected chi connectivity index (χ0v) is 11.0. The summed E-state index contributed by atoms with van der Waals surface area (Å²) in [5, 5.41) is 2.42. The number of hydrogen-bond donors (Lipinski definition) is 1. The number of benzene rings is 1. The topological polar surface area (TPSA) is 46.2 Å². The Balaban J connectivity index is 2.41. The molecule has 0 heterocycles. The molecule has 0 atom stereocenters. The second-order valence-corrected chi connectivity index (χ2v) is 4.40. The van der Waals surface area contributed by atoms with E-state index in [-0.39, 0.29) is 36.6 Å². The molecule has 1 aromatic carbocycles. The van der Waals surface area contributed by atoms with E-state index in [1.165, 1.54) is 6.07 Å². The summed E-state index contributed by atoms with van der Waals surface area (Å²) >= 11 is 5.43. The number of hydrogen-bond acceptors (Lipinski definition) is 2. The molecule has 1 rings (SSSR count). The maximum absolute atomic E-state index is 13.3. The largest absolute Gasteiger partial charge is 0.349 e. The summed E-state index contributed by atoms with van der Waals surface area (Å²) in [6, 6.07) is 3.03. The summed E-state index contributed by atoms with van der Waals surface area (Å²) in [6.07, 6.45) is 0.609. The Hall–Kier alpha value is -1.49. The third-order valence-corrected chi connectivity index (χ3v) is 2.69. The molecule has 0 aliphatic heterocycles. The van der Waals surface area contributed by atoms with E-state index in [2.05, 4.69) is 5.32 Å². The van der Waals surface area contributed by atoms with Crippen LogP contribution in [-0.4, -0.2) is 24.1 Å². The van der Waals surface area contributed by atoms with E-state index in [0.29, 0.717) is 12.3 Å². The third-order valence-electron chi connectivity index (χ3n) is 2.42. The molecule has 0 unspecified atom stereocenters. The molecule has 0 saturated heterocycles. The number of rotatable bonds is 7. The van der Waals surface area contributed by atoms with Gasteiger partial charge in [-0.1, -0.05) is 6.07 Å². The lowest BCUT2D eigenvalue weighted by Gasteiger charge is -2.05. The molecule has 1 amide bonds. The summed E-state index contributed by atoms with van der Waals surface area (Å²) in [4.78, 5) is 22.8. The highest BCUT2D eigenvalue weighted by Gasteiger charge is 2.10. The minimum Gasteiger partial charge on any atom is -0.349 e. The van der Waals surface area contributed by atoms with E-state index in [0.717, 1.165) is 12.1 Å². The fraction of sp³-hybridized carbons (Fsp3) is 0.385. The van der Waals surface area contributed by atoms with Crippen LogP contribution in [0.15, 0.2) is 18.2 Å². The smallest absolute Gasteiger partial charge is 0.220 e. The van der Waals surface area contributed by atoms with Crippen LogP contribution in [0.4, 0.5) is 8.78 Å². The molecule has 0 aromatic heterocycles. The molecule has 0 fully saturated rings. The van der Waals surface area contributed by atoms with Crippen LogP contribution >= 0.6 is 11.6 Å². The molecule has 3 nitrogen and oxygen atoms in total. The van der Waals surface area contributed by atoms with Crippen LogP contribution in [0.25, 0.3) is 0 Å². The summed E-state index contributed by atoms with van der Waals surface area (Å²) in [5.41, 5.74) is 0.112. The van der Waals surface area contributed by atoms with Crippen molar-refractivity contribution < 1.29 is 18.4 Å². The van der Waals surface area contributed by atoms with Crippen LogP contribution in [0.3, 0.4) is 0 Å². The van der Waals surface area contributed by atoms with E-state index >= 15 is 0 Å². The van der Waals surface area contributed by atoms with Gasteiger partial charge in [0, 0.05) is 24.8 Å². The van der Waals surface area contributed by atoms with Crippen molar-refractivity contribution in [2.45, 2.75) is 19.3 Å². The van der Waals surface area contributed by atoms with Crippen molar-refractivity contribution in [2.75, 3.05) is 12.4 Å². The number of carbonyl (C=O) groups excluding carboxylic acids is 2.